The van der Waals surface area contributed by atoms with E-state index in [0.717, 1.165) is 0 Å². The van der Waals surface area contributed by atoms with Gasteiger partial charge in [-0.15, -0.1) is 0 Å². The van der Waals surface area contributed by atoms with Crippen molar-refractivity contribution in [3.05, 3.63) is 0 Å². The molecule has 0 atom stereocenters. The van der Waals surface area contributed by atoms with Crippen molar-refractivity contribution in [1.29, 1.82) is 0 Å². The van der Waals surface area contributed by atoms with Gasteiger partial charge in [-0.3, -0.25) is 0 Å². The van der Waals surface area contributed by atoms with E-state index in [1.165, 1.54) is 3.93 Å². The van der Waals surface area contributed by atoms with Crippen molar-refractivity contribution in [2.24, 2.45) is 0 Å². The van der Waals surface area contributed by atoms with Gasteiger partial charge in [0.15, 0.2) is 0 Å². The molecule has 0 bridgehead atoms. The zero-order chi connectivity index (χ0) is 8.62. The fourth-order valence-corrected chi connectivity index (χ4v) is 1.79. The largest absolute Gasteiger partial charge is 0.668 e. The van der Waals surface area contributed by atoms with E-state index in [4.69, 9.17) is 21.8 Å². The summed E-state index contributed by atoms with van der Waals surface area (Å²) in [5, 5.41) is 0. The van der Waals surface area contributed by atoms with Gasteiger partial charge in [-0.05, 0) is 0 Å². The van der Waals surface area contributed by atoms with Crippen molar-refractivity contribution in [3.8, 4) is 0 Å². The molecule has 0 unspecified atom stereocenters. The summed E-state index contributed by atoms with van der Waals surface area (Å²) < 4.78 is 6.26. The van der Waals surface area contributed by atoms with Crippen LogP contribution in [-0.4, -0.2) is 35.3 Å². The van der Waals surface area contributed by atoms with E-state index in [2.05, 4.69) is 6.92 Å². The summed E-state index contributed by atoms with van der Waals surface area (Å²) in [6.45, 7) is 2.19. The third-order valence-electron chi connectivity index (χ3n) is 0.408. The maximum absolute atomic E-state index is 7.33. The van der Waals surface area contributed by atoms with E-state index >= 15 is 0 Å². The molecule has 60 valence electrons. The topological polar surface area (TPSA) is 90.2 Å². The van der Waals surface area contributed by atoms with Crippen molar-refractivity contribution in [2.75, 3.05) is 7.11 Å². The second-order valence-corrected chi connectivity index (χ2v) is 10.5. The molecule has 0 rings (SSSR count). The van der Waals surface area contributed by atoms with Crippen LogP contribution in [0, 0.1) is 0 Å². The summed E-state index contributed by atoms with van der Waals surface area (Å²) in [6.07, 6.45) is 0. The first-order chi connectivity index (χ1) is 4.41. The van der Waals surface area contributed by atoms with E-state index < -0.39 is 34.1 Å². The van der Waals surface area contributed by atoms with Crippen LogP contribution in [0.4, 0.5) is 0 Å². The predicted molar refractivity (Wildman–Crippen MR) is 32.1 cm³/mol. The Balaban J connectivity index is 0. The Morgan fingerprint density at radius 1 is 1.30 bits per heavy atom. The minimum atomic E-state index is -4.61. The number of rotatable bonds is 2. The van der Waals surface area contributed by atoms with Crippen LogP contribution in [0.2, 0.25) is 3.93 Å². The molecule has 0 fully saturated rings. The minimum absolute atomic E-state index is 0.642. The molecular formula is C3H12HgO5Si. The summed E-state index contributed by atoms with van der Waals surface area (Å²) in [5.41, 5.74) is 0. The minimum Gasteiger partial charge on any atom is -0.368 e. The fraction of sp³-hybridized carbons (Fsp3) is 1.00. The van der Waals surface area contributed by atoms with Gasteiger partial charge in [-0.1, -0.05) is 0 Å². The molecule has 0 aliphatic heterocycles. The zero-order valence-electron chi connectivity index (χ0n) is 6.11. The molecule has 0 saturated carbocycles. The average Bonchev–Trinajstić information content (AvgIpc) is 1.63. The molecule has 0 aromatic carbocycles. The molecule has 0 radical (unpaired) electrons. The quantitative estimate of drug-likeness (QED) is 0.450. The molecule has 10 heavy (non-hydrogen) atoms. The molecule has 0 aliphatic rings. The number of hydrogen-bond acceptors (Lipinski definition) is 5. The monoisotopic (exact) mass is 358 g/mol. The maximum Gasteiger partial charge on any atom is 0.668 e. The molecule has 0 aliphatic carbocycles. The van der Waals surface area contributed by atoms with E-state index in [9.17, 15) is 0 Å². The molecule has 0 amide bonds. The van der Waals surface area contributed by atoms with E-state index in [-0.39, 0.29) is 0 Å². The van der Waals surface area contributed by atoms with Crippen LogP contribution >= 0.6 is 0 Å². The fourth-order valence-electron chi connectivity index (χ4n) is 0.204. The van der Waals surface area contributed by atoms with Gasteiger partial charge in [-0.2, -0.15) is 0 Å². The van der Waals surface area contributed by atoms with Crippen LogP contribution in [-0.2, 0) is 27.7 Å². The summed E-state index contributed by atoms with van der Waals surface area (Å²) in [7, 11) is -2.80. The second-order valence-electron chi connectivity index (χ2n) is 1.59. The van der Waals surface area contributed by atoms with Gasteiger partial charge in [0.05, 0.1) is 0 Å². The molecular weight excluding hydrogens is 345 g/mol. The second kappa shape index (κ2) is 8.05. The normalized spacial score (nSPS) is 9.40. The Bertz CT molecular complexity index is 56.4. The van der Waals surface area contributed by atoms with E-state index in [1.54, 1.807) is 0 Å². The third kappa shape index (κ3) is 65.0. The van der Waals surface area contributed by atoms with Gasteiger partial charge < -0.3 is 19.2 Å². The average molecular weight is 357 g/mol. The standard InChI is InChI=1S/C2H5.CH3O.Hg.H4O4Si/c2*1-2;;1-5(2,3)4/h1H2,2H3;1H3;;1-4H/q;-1;+1;. The molecule has 0 aromatic rings. The maximum atomic E-state index is 7.33. The first-order valence-corrected chi connectivity index (χ1v) is 10.7. The van der Waals surface area contributed by atoms with Crippen LogP contribution in [0.5, 0.6) is 0 Å². The Kier molecular flexibility index (Phi) is 10.9. The van der Waals surface area contributed by atoms with Crippen molar-refractivity contribution < 1.29 is 46.9 Å². The molecule has 0 saturated heterocycles. The van der Waals surface area contributed by atoms with Crippen LogP contribution < -0.4 is 0 Å². The number of hydrogen-bond donors (Lipinski definition) is 4. The molecule has 0 spiro atoms. The van der Waals surface area contributed by atoms with E-state index in [0.29, 0.717) is 0 Å². The Morgan fingerprint density at radius 3 is 1.60 bits per heavy atom. The molecule has 5 nitrogen and oxygen atoms in total. The molecule has 0 aromatic heterocycles. The zero-order valence-corrected chi connectivity index (χ0v) is 12.6. The first kappa shape index (κ1) is 13.5. The van der Waals surface area contributed by atoms with Gasteiger partial charge in [0, 0.05) is 0 Å². The van der Waals surface area contributed by atoms with Gasteiger partial charge in [0.2, 0.25) is 0 Å². The summed E-state index contributed by atoms with van der Waals surface area (Å²) in [4.78, 5) is 29.3. The van der Waals surface area contributed by atoms with Crippen LogP contribution in [0.1, 0.15) is 6.92 Å². The van der Waals surface area contributed by atoms with Gasteiger partial charge in [-0.25, -0.2) is 0 Å². The Hall–Kier alpha value is 0.952. The molecule has 7 heteroatoms. The van der Waals surface area contributed by atoms with Gasteiger partial charge >= 0.3 is 54.7 Å². The summed E-state index contributed by atoms with van der Waals surface area (Å²) in [6, 6.07) is 0. The SMILES string of the molecule is C[CH2][Hg][O]C.O[Si](O)(O)O. The van der Waals surface area contributed by atoms with Crippen molar-refractivity contribution >= 4 is 9.05 Å². The predicted octanol–water partition coefficient (Wildman–Crippen LogP) is -1.54. The third-order valence-corrected chi connectivity index (χ3v) is 3.58. The van der Waals surface area contributed by atoms with Crippen molar-refractivity contribution in [3.63, 3.8) is 0 Å². The smallest absolute Gasteiger partial charge is 0.368 e. The van der Waals surface area contributed by atoms with Gasteiger partial charge in [0.25, 0.3) is 0 Å². The van der Waals surface area contributed by atoms with Gasteiger partial charge in [0.1, 0.15) is 0 Å². The van der Waals surface area contributed by atoms with Crippen LogP contribution in [0.15, 0.2) is 0 Å². The summed E-state index contributed by atoms with van der Waals surface area (Å²) in [5.74, 6) is 0. The Morgan fingerprint density at radius 2 is 1.60 bits per heavy atom. The van der Waals surface area contributed by atoms with E-state index in [1.807, 2.05) is 7.11 Å². The summed E-state index contributed by atoms with van der Waals surface area (Å²) >= 11 is -0.642. The Labute approximate surface area is 73.9 Å². The first-order valence-electron chi connectivity index (χ1n) is 2.80. The van der Waals surface area contributed by atoms with Crippen molar-refractivity contribution in [1.82, 2.24) is 0 Å². The molecule has 4 N–H and O–H groups in total. The molecule has 0 heterocycles. The van der Waals surface area contributed by atoms with Crippen molar-refractivity contribution in [2.45, 2.75) is 10.9 Å². The van der Waals surface area contributed by atoms with Crippen LogP contribution in [0.3, 0.4) is 0 Å². The van der Waals surface area contributed by atoms with Crippen LogP contribution in [0.25, 0.3) is 0 Å².